The van der Waals surface area contributed by atoms with Gasteiger partial charge in [-0.25, -0.2) is 9.49 Å². The molecule has 3 atom stereocenters. The molecule has 166 valence electrons. The van der Waals surface area contributed by atoms with Gasteiger partial charge in [-0.3, -0.25) is 9.59 Å². The third-order valence-corrected chi connectivity index (χ3v) is 7.52. The number of carbonyl (C=O) groups excluding carboxylic acids is 2. The highest BCUT2D eigenvalue weighted by Crippen LogP contribution is 2.56. The molecular formula is C19H17ClFN7O3S. The predicted molar refractivity (Wildman–Crippen MR) is 112 cm³/mol. The van der Waals surface area contributed by atoms with Crippen molar-refractivity contribution in [3.05, 3.63) is 46.2 Å². The fourth-order valence-corrected chi connectivity index (χ4v) is 6.11. The fraction of sp³-hybridized carbons (Fsp3) is 0.368. The number of nitrogens with one attached hydrogen (secondary N) is 2. The van der Waals surface area contributed by atoms with Crippen LogP contribution in [0.15, 0.2) is 22.7 Å². The molecule has 2 aliphatic heterocycles. The second-order valence-corrected chi connectivity index (χ2v) is 10.2. The number of hydrogen-bond donors (Lipinski definition) is 2. The third-order valence-electron chi connectivity index (χ3n) is 5.64. The lowest BCUT2D eigenvalue weighted by atomic mass is 9.95. The van der Waals surface area contributed by atoms with E-state index in [1.54, 1.807) is 4.90 Å². The lowest BCUT2D eigenvalue weighted by Gasteiger charge is -2.44. The number of β-lactam (4-membered cyclic amide) rings is 1. The first-order chi connectivity index (χ1) is 15.2. The number of rotatable bonds is 4. The summed E-state index contributed by atoms with van der Waals surface area (Å²) in [5, 5.41) is 20.3. The molecule has 2 amide bonds. The van der Waals surface area contributed by atoms with E-state index in [1.807, 2.05) is 13.8 Å². The topological polar surface area (TPSA) is 130 Å². The maximum Gasteiger partial charge on any atom is 0.257 e. The Bertz CT molecular complexity index is 1210. The second-order valence-electron chi connectivity index (χ2n) is 8.06. The van der Waals surface area contributed by atoms with Crippen LogP contribution in [0.2, 0.25) is 5.02 Å². The van der Waals surface area contributed by atoms with Gasteiger partial charge in [-0.1, -0.05) is 22.8 Å². The number of tetrazole rings is 1. The number of fused-ring (bicyclic) bond motifs is 1. The van der Waals surface area contributed by atoms with Crippen LogP contribution in [0, 0.1) is 12.7 Å². The van der Waals surface area contributed by atoms with Crippen molar-refractivity contribution in [1.29, 1.82) is 0 Å². The van der Waals surface area contributed by atoms with E-state index in [1.165, 1.54) is 36.9 Å². The molecule has 1 aromatic carbocycles. The Kier molecular flexibility index (Phi) is 4.75. The zero-order valence-corrected chi connectivity index (χ0v) is 18.7. The van der Waals surface area contributed by atoms with Crippen LogP contribution in [-0.4, -0.2) is 58.7 Å². The zero-order chi connectivity index (χ0) is 22.8. The Morgan fingerprint density at radius 2 is 2.19 bits per heavy atom. The van der Waals surface area contributed by atoms with Gasteiger partial charge in [0.15, 0.2) is 5.82 Å². The number of thioether (sulfide) groups is 1. The highest BCUT2D eigenvalue weighted by Gasteiger charge is 2.63. The van der Waals surface area contributed by atoms with E-state index in [2.05, 4.69) is 31.1 Å². The first kappa shape index (κ1) is 20.9. The molecule has 0 radical (unpaired) electrons. The molecule has 0 bridgehead atoms. The molecule has 10 nitrogen and oxygen atoms in total. The summed E-state index contributed by atoms with van der Waals surface area (Å²) in [4.78, 5) is 27.8. The number of amides is 2. The average Bonchev–Trinajstić information content (AvgIpc) is 3.43. The van der Waals surface area contributed by atoms with E-state index < -0.39 is 17.8 Å². The summed E-state index contributed by atoms with van der Waals surface area (Å²) in [6.45, 7) is 5.50. The van der Waals surface area contributed by atoms with Crippen LogP contribution in [0.3, 0.4) is 0 Å². The number of aromatic amines is 1. The van der Waals surface area contributed by atoms with Crippen LogP contribution >= 0.6 is 23.4 Å². The molecular weight excluding hydrogens is 461 g/mol. The lowest BCUT2D eigenvalue weighted by molar-refractivity contribution is -0.148. The Labute approximate surface area is 190 Å². The molecule has 4 heterocycles. The monoisotopic (exact) mass is 477 g/mol. The van der Waals surface area contributed by atoms with Crippen molar-refractivity contribution in [3.63, 3.8) is 0 Å². The minimum atomic E-state index is -0.772. The quantitative estimate of drug-likeness (QED) is 0.548. The molecule has 32 heavy (non-hydrogen) atoms. The summed E-state index contributed by atoms with van der Waals surface area (Å²) in [6, 6.07) is 3.03. The molecule has 0 aliphatic carbocycles. The number of nitrogens with zero attached hydrogens (tertiary/aromatic N) is 5. The van der Waals surface area contributed by atoms with Crippen molar-refractivity contribution < 1.29 is 18.5 Å². The number of aromatic nitrogens is 5. The molecule has 13 heteroatoms. The molecule has 2 N–H and O–H groups in total. The van der Waals surface area contributed by atoms with Crippen LogP contribution in [0.1, 0.15) is 41.8 Å². The Morgan fingerprint density at radius 3 is 2.88 bits per heavy atom. The maximum atomic E-state index is 14.4. The van der Waals surface area contributed by atoms with Gasteiger partial charge in [0.25, 0.3) is 5.91 Å². The first-order valence-corrected chi connectivity index (χ1v) is 10.9. The minimum Gasteiger partial charge on any atom is -0.360 e. The van der Waals surface area contributed by atoms with Crippen LogP contribution < -0.4 is 5.32 Å². The van der Waals surface area contributed by atoms with Crippen molar-refractivity contribution in [2.24, 2.45) is 0 Å². The maximum absolute atomic E-state index is 14.4. The molecule has 0 spiro atoms. The van der Waals surface area contributed by atoms with Gasteiger partial charge in [-0.05, 0) is 43.3 Å². The highest BCUT2D eigenvalue weighted by atomic mass is 35.5. The van der Waals surface area contributed by atoms with E-state index in [4.69, 9.17) is 16.1 Å². The lowest BCUT2D eigenvalue weighted by Crippen LogP contribution is -2.67. The van der Waals surface area contributed by atoms with E-state index in [0.29, 0.717) is 5.82 Å². The number of H-pyrrole nitrogens is 1. The van der Waals surface area contributed by atoms with Gasteiger partial charge in [0.1, 0.15) is 40.3 Å². The molecule has 2 fully saturated rings. The number of hydrogen-bond acceptors (Lipinski definition) is 8. The molecule has 0 saturated carbocycles. The largest absolute Gasteiger partial charge is 0.360 e. The van der Waals surface area contributed by atoms with Gasteiger partial charge in [-0.2, -0.15) is 0 Å². The number of aryl methyl sites for hydroxylation is 1. The summed E-state index contributed by atoms with van der Waals surface area (Å²) < 4.78 is 19.2. The predicted octanol–water partition coefficient (Wildman–Crippen LogP) is 2.49. The Balaban J connectivity index is 1.42. The van der Waals surface area contributed by atoms with Crippen LogP contribution in [0.25, 0.3) is 11.3 Å². The summed E-state index contributed by atoms with van der Waals surface area (Å²) in [6.07, 6.45) is 0. The van der Waals surface area contributed by atoms with Crippen LogP contribution in [0.5, 0.6) is 0 Å². The Morgan fingerprint density at radius 1 is 1.41 bits per heavy atom. The molecule has 3 unspecified atom stereocenters. The molecule has 2 aliphatic rings. The standard InChI is InChI=1S/C19H17ClFN7O3S/c1-7-10(12(25-31-7)11-8(20)5-4-6-9(11)21)16(29)22-13-17(30)28-14(15-23-26-27-24-15)19(2,3)32-18(13)28/h4-6,13-14,18H,1-3H3,(H,22,29)(H,23,24,26,27). The Hall–Kier alpha value is -2.99. The van der Waals surface area contributed by atoms with Crippen molar-refractivity contribution in [3.8, 4) is 11.3 Å². The van der Waals surface area contributed by atoms with Crippen molar-refractivity contribution in [1.82, 2.24) is 36.0 Å². The van der Waals surface area contributed by atoms with E-state index in [9.17, 15) is 14.0 Å². The van der Waals surface area contributed by atoms with Gasteiger partial charge >= 0.3 is 0 Å². The number of halogens is 2. The van der Waals surface area contributed by atoms with Gasteiger partial charge in [0.2, 0.25) is 5.91 Å². The van der Waals surface area contributed by atoms with E-state index in [-0.39, 0.29) is 49.7 Å². The van der Waals surface area contributed by atoms with Crippen LogP contribution in [0.4, 0.5) is 4.39 Å². The second kappa shape index (κ2) is 7.27. The smallest absolute Gasteiger partial charge is 0.257 e. The number of benzene rings is 1. The summed E-state index contributed by atoms with van der Waals surface area (Å²) >= 11 is 7.69. The minimum absolute atomic E-state index is 0.0169. The van der Waals surface area contributed by atoms with E-state index in [0.717, 1.165) is 0 Å². The van der Waals surface area contributed by atoms with Gasteiger partial charge < -0.3 is 14.7 Å². The van der Waals surface area contributed by atoms with Gasteiger partial charge in [0, 0.05) is 4.75 Å². The average molecular weight is 478 g/mol. The normalized spacial score (nSPS) is 23.7. The molecule has 3 aromatic rings. The SMILES string of the molecule is Cc1onc(-c2c(F)cccc2Cl)c1C(=O)NC1C(=O)N2C1SC(C)(C)C2c1nnn[nH]1. The zero-order valence-electron chi connectivity index (χ0n) is 17.1. The van der Waals surface area contributed by atoms with Crippen molar-refractivity contribution >= 4 is 35.2 Å². The molecule has 2 saturated heterocycles. The molecule has 2 aromatic heterocycles. The first-order valence-electron chi connectivity index (χ1n) is 9.66. The van der Waals surface area contributed by atoms with Gasteiger partial charge in [-0.15, -0.1) is 16.9 Å². The van der Waals surface area contributed by atoms with Gasteiger partial charge in [0.05, 0.1) is 10.6 Å². The summed E-state index contributed by atoms with van der Waals surface area (Å²) in [5.74, 6) is -0.830. The molecule has 5 rings (SSSR count). The van der Waals surface area contributed by atoms with E-state index >= 15 is 0 Å². The summed E-state index contributed by atoms with van der Waals surface area (Å²) in [7, 11) is 0. The highest BCUT2D eigenvalue weighted by molar-refractivity contribution is 8.01. The number of carbonyl (C=O) groups is 2. The fourth-order valence-electron chi connectivity index (χ4n) is 4.22. The summed E-state index contributed by atoms with van der Waals surface area (Å²) in [5.41, 5.74) is -0.0229. The van der Waals surface area contributed by atoms with Crippen molar-refractivity contribution in [2.45, 2.75) is 43.0 Å². The third kappa shape index (κ3) is 3.00. The van der Waals surface area contributed by atoms with Crippen LogP contribution in [-0.2, 0) is 4.79 Å². The van der Waals surface area contributed by atoms with Crippen molar-refractivity contribution in [2.75, 3.05) is 0 Å².